The number of hydrogen-bond donors (Lipinski definition) is 3. The van der Waals surface area contributed by atoms with Gasteiger partial charge in [-0.25, -0.2) is 4.39 Å². The normalized spacial score (nSPS) is 20.6. The van der Waals surface area contributed by atoms with Crippen LogP contribution in [-0.2, 0) is 9.59 Å². The van der Waals surface area contributed by atoms with Crippen molar-refractivity contribution < 1.29 is 14.0 Å². The van der Waals surface area contributed by atoms with Crippen molar-refractivity contribution >= 4 is 46.1 Å². The standard InChI is InChI=1S/C33H32ClFN10O2/c34-24-4-9-30(45-20-38-41-42-45)22(15-24)3-10-31(46)44-19-27(43-13-11-36-12-14-43)17-28(21-1-5-25(35)6-2-21)32(44)33(47)39-26-7-8-29-23(16-26)18-37-40-29/h1-10,15-16,18,20,27-28,32,36H,11-14,17,19H2,(H,37,40)(H,39,47). The molecule has 5 aromatic rings. The number of fused-ring (bicyclic) bond motifs is 1. The van der Waals surface area contributed by atoms with E-state index >= 15 is 0 Å². The van der Waals surface area contributed by atoms with Gasteiger partial charge in [0.15, 0.2) is 0 Å². The number of halogens is 2. The Kier molecular flexibility index (Phi) is 8.74. The quantitative estimate of drug-likeness (QED) is 0.226. The highest BCUT2D eigenvalue weighted by Gasteiger charge is 2.44. The minimum Gasteiger partial charge on any atom is -0.325 e. The molecule has 0 aliphatic carbocycles. The fourth-order valence-corrected chi connectivity index (χ4v) is 6.76. The number of H-pyrrole nitrogens is 1. The third-order valence-corrected chi connectivity index (χ3v) is 9.10. The summed E-state index contributed by atoms with van der Waals surface area (Å²) in [6.45, 7) is 3.65. The van der Waals surface area contributed by atoms with Gasteiger partial charge in [-0.2, -0.15) is 9.78 Å². The molecule has 0 spiro atoms. The van der Waals surface area contributed by atoms with Gasteiger partial charge in [-0.3, -0.25) is 19.6 Å². The average Bonchev–Trinajstić information content (AvgIpc) is 3.80. The molecule has 12 nitrogen and oxygen atoms in total. The molecular formula is C33H32ClFN10O2. The highest BCUT2D eigenvalue weighted by Crippen LogP contribution is 2.36. The Bertz CT molecular complexity index is 1910. The highest BCUT2D eigenvalue weighted by atomic mass is 35.5. The fourth-order valence-electron chi connectivity index (χ4n) is 6.58. The zero-order chi connectivity index (χ0) is 32.3. The Morgan fingerprint density at radius 2 is 1.87 bits per heavy atom. The summed E-state index contributed by atoms with van der Waals surface area (Å²) in [7, 11) is 0. The first-order valence-corrected chi connectivity index (χ1v) is 15.8. The second kappa shape index (κ2) is 13.4. The number of piperazine rings is 1. The van der Waals surface area contributed by atoms with E-state index in [9.17, 15) is 14.0 Å². The maximum Gasteiger partial charge on any atom is 0.247 e. The van der Waals surface area contributed by atoms with E-state index in [1.54, 1.807) is 53.6 Å². The van der Waals surface area contributed by atoms with Crippen LogP contribution in [0.1, 0.15) is 23.5 Å². The summed E-state index contributed by atoms with van der Waals surface area (Å²) in [6.07, 6.45) is 6.88. The molecule has 2 aliphatic rings. The topological polar surface area (TPSA) is 137 Å². The Labute approximate surface area is 274 Å². The molecule has 3 atom stereocenters. The largest absolute Gasteiger partial charge is 0.325 e. The molecule has 0 radical (unpaired) electrons. The zero-order valence-electron chi connectivity index (χ0n) is 25.3. The van der Waals surface area contributed by atoms with Gasteiger partial charge in [-0.1, -0.05) is 23.7 Å². The molecule has 2 saturated heterocycles. The minimum absolute atomic E-state index is 0.0150. The monoisotopic (exact) mass is 654 g/mol. The molecule has 2 fully saturated rings. The molecule has 14 heteroatoms. The number of benzene rings is 3. The summed E-state index contributed by atoms with van der Waals surface area (Å²) in [5.74, 6) is -1.44. The van der Waals surface area contributed by atoms with E-state index in [-0.39, 0.29) is 23.7 Å². The smallest absolute Gasteiger partial charge is 0.247 e. The van der Waals surface area contributed by atoms with Crippen LogP contribution in [0.2, 0.25) is 5.02 Å². The first-order chi connectivity index (χ1) is 22.9. The van der Waals surface area contributed by atoms with Gasteiger partial charge in [0.25, 0.3) is 0 Å². The SMILES string of the molecule is O=C(Nc1ccc2[nH]ncc2c1)C1C(c2ccc(F)cc2)CC(N2CCNCC2)CN1C(=O)C=Cc1cc(Cl)ccc1-n1cnnn1. The number of anilines is 1. The van der Waals surface area contributed by atoms with Gasteiger partial charge in [0.05, 0.1) is 17.4 Å². The molecule has 4 heterocycles. The molecule has 0 bridgehead atoms. The first-order valence-electron chi connectivity index (χ1n) is 15.4. The molecule has 7 rings (SSSR count). The van der Waals surface area contributed by atoms with Gasteiger partial charge in [0.2, 0.25) is 11.8 Å². The molecule has 3 N–H and O–H groups in total. The van der Waals surface area contributed by atoms with Crippen molar-refractivity contribution in [3.63, 3.8) is 0 Å². The van der Waals surface area contributed by atoms with E-state index < -0.39 is 12.0 Å². The molecular weight excluding hydrogens is 623 g/mol. The molecule has 2 aromatic heterocycles. The third kappa shape index (κ3) is 6.64. The molecule has 240 valence electrons. The van der Waals surface area contributed by atoms with Gasteiger partial charge >= 0.3 is 0 Å². The number of amides is 2. The predicted octanol–water partition coefficient (Wildman–Crippen LogP) is 3.64. The van der Waals surface area contributed by atoms with Crippen LogP contribution in [0.4, 0.5) is 10.1 Å². The van der Waals surface area contributed by atoms with Crippen LogP contribution in [0.25, 0.3) is 22.7 Å². The Morgan fingerprint density at radius 1 is 1.04 bits per heavy atom. The van der Waals surface area contributed by atoms with Crippen molar-refractivity contribution in [2.45, 2.75) is 24.4 Å². The number of carbonyl (C=O) groups excluding carboxylic acids is 2. The Hall–Kier alpha value is -4.98. The lowest BCUT2D eigenvalue weighted by atomic mass is 9.80. The van der Waals surface area contributed by atoms with E-state index in [0.717, 1.165) is 42.6 Å². The van der Waals surface area contributed by atoms with Gasteiger partial charge in [-0.15, -0.1) is 5.10 Å². The number of aromatic amines is 1. The molecule has 3 unspecified atom stereocenters. The summed E-state index contributed by atoms with van der Waals surface area (Å²) in [5, 5.41) is 26.2. The van der Waals surface area contributed by atoms with E-state index in [2.05, 4.69) is 41.3 Å². The van der Waals surface area contributed by atoms with E-state index in [1.165, 1.54) is 29.2 Å². The van der Waals surface area contributed by atoms with Crippen LogP contribution in [0.3, 0.4) is 0 Å². The number of hydrogen-bond acceptors (Lipinski definition) is 8. The molecule has 0 saturated carbocycles. The second-order valence-electron chi connectivity index (χ2n) is 11.7. The van der Waals surface area contributed by atoms with Crippen molar-refractivity contribution in [3.8, 4) is 5.69 Å². The summed E-state index contributed by atoms with van der Waals surface area (Å²) in [6, 6.07) is 16.0. The molecule has 2 amide bonds. The molecule has 2 aliphatic heterocycles. The van der Waals surface area contributed by atoms with E-state index in [1.807, 2.05) is 12.1 Å². The van der Waals surface area contributed by atoms with Crippen LogP contribution in [0, 0.1) is 5.82 Å². The molecule has 47 heavy (non-hydrogen) atoms. The second-order valence-corrected chi connectivity index (χ2v) is 12.2. The van der Waals surface area contributed by atoms with Crippen molar-refractivity contribution in [2.75, 3.05) is 38.0 Å². The third-order valence-electron chi connectivity index (χ3n) is 8.87. The number of rotatable bonds is 7. The number of carbonyl (C=O) groups is 2. The van der Waals surface area contributed by atoms with Crippen molar-refractivity contribution in [2.24, 2.45) is 0 Å². The van der Waals surface area contributed by atoms with Crippen LogP contribution in [0.5, 0.6) is 0 Å². The predicted molar refractivity (Wildman–Crippen MR) is 175 cm³/mol. The Balaban J connectivity index is 1.26. The lowest BCUT2D eigenvalue weighted by Crippen LogP contribution is -2.61. The summed E-state index contributed by atoms with van der Waals surface area (Å²) >= 11 is 6.33. The van der Waals surface area contributed by atoms with Gasteiger partial charge in [0, 0.05) is 72.4 Å². The molecule has 3 aromatic carbocycles. The van der Waals surface area contributed by atoms with Crippen LogP contribution < -0.4 is 10.6 Å². The van der Waals surface area contributed by atoms with Gasteiger partial charge in [0.1, 0.15) is 18.2 Å². The van der Waals surface area contributed by atoms with Crippen LogP contribution in [-0.4, -0.2) is 96.8 Å². The number of nitrogens with one attached hydrogen (secondary N) is 3. The van der Waals surface area contributed by atoms with E-state index in [4.69, 9.17) is 11.6 Å². The summed E-state index contributed by atoms with van der Waals surface area (Å²) in [5.41, 5.74) is 3.47. The summed E-state index contributed by atoms with van der Waals surface area (Å²) in [4.78, 5) is 32.6. The lowest BCUT2D eigenvalue weighted by Gasteiger charge is -2.47. The maximum atomic E-state index is 14.3. The number of tetrazole rings is 1. The van der Waals surface area contributed by atoms with Crippen molar-refractivity contribution in [3.05, 3.63) is 101 Å². The number of aromatic nitrogens is 6. The van der Waals surface area contributed by atoms with Crippen LogP contribution >= 0.6 is 11.6 Å². The number of piperidine rings is 1. The average molecular weight is 655 g/mol. The Morgan fingerprint density at radius 3 is 2.66 bits per heavy atom. The van der Waals surface area contributed by atoms with Crippen LogP contribution in [0.15, 0.2) is 79.3 Å². The highest BCUT2D eigenvalue weighted by molar-refractivity contribution is 6.30. The lowest BCUT2D eigenvalue weighted by molar-refractivity contribution is -0.139. The van der Waals surface area contributed by atoms with Gasteiger partial charge < -0.3 is 15.5 Å². The van der Waals surface area contributed by atoms with Crippen molar-refractivity contribution in [1.82, 2.24) is 45.5 Å². The van der Waals surface area contributed by atoms with Crippen molar-refractivity contribution in [1.29, 1.82) is 0 Å². The fraction of sp³-hybridized carbons (Fsp3) is 0.273. The minimum atomic E-state index is -0.879. The van der Waals surface area contributed by atoms with Gasteiger partial charge in [-0.05, 0) is 77.0 Å². The summed E-state index contributed by atoms with van der Waals surface area (Å²) < 4.78 is 15.6. The first kappa shape index (κ1) is 30.7. The number of nitrogens with zero attached hydrogens (tertiary/aromatic N) is 7. The zero-order valence-corrected chi connectivity index (χ0v) is 26.0. The number of likely N-dealkylation sites (tertiary alicyclic amines) is 1. The van der Waals surface area contributed by atoms with E-state index in [0.29, 0.717) is 34.9 Å². The maximum absolute atomic E-state index is 14.3.